The Balaban J connectivity index is 1.79. The van der Waals surface area contributed by atoms with Gasteiger partial charge in [0.25, 0.3) is 5.69 Å². The number of nitro benzene ring substituents is 1. The molecule has 115 valence electrons. The van der Waals surface area contributed by atoms with Gasteiger partial charge in [-0.25, -0.2) is 0 Å². The SMILES string of the molecule is COCOc1[c]c([N+](=O)[O-])ccc1/C=C/C1CC2C=CC1C2. The number of nitro groups is 1. The summed E-state index contributed by atoms with van der Waals surface area (Å²) in [5, 5.41) is 10.9. The number of allylic oxidation sites excluding steroid dienone is 3. The number of nitrogens with zero attached hydrogens (tertiary/aromatic N) is 1. The molecule has 1 radical (unpaired) electrons. The van der Waals surface area contributed by atoms with E-state index in [1.165, 1.54) is 26.0 Å². The molecule has 0 heterocycles. The van der Waals surface area contributed by atoms with Crippen LogP contribution in [-0.4, -0.2) is 18.8 Å². The predicted molar refractivity (Wildman–Crippen MR) is 82.3 cm³/mol. The first kappa shape index (κ1) is 14.8. The highest BCUT2D eigenvalue weighted by Gasteiger charge is 2.33. The van der Waals surface area contributed by atoms with Gasteiger partial charge in [-0.1, -0.05) is 24.3 Å². The smallest absolute Gasteiger partial charge is 0.281 e. The van der Waals surface area contributed by atoms with E-state index in [2.05, 4.69) is 24.3 Å². The topological polar surface area (TPSA) is 61.6 Å². The van der Waals surface area contributed by atoms with Crippen molar-refractivity contribution in [2.45, 2.75) is 12.8 Å². The fourth-order valence-corrected chi connectivity index (χ4v) is 3.22. The summed E-state index contributed by atoms with van der Waals surface area (Å²) in [5.41, 5.74) is 0.681. The number of ether oxygens (including phenoxy) is 2. The summed E-state index contributed by atoms with van der Waals surface area (Å²) in [7, 11) is 1.51. The number of hydrogen-bond donors (Lipinski definition) is 0. The monoisotopic (exact) mass is 300 g/mol. The third-order valence-corrected chi connectivity index (χ3v) is 4.30. The summed E-state index contributed by atoms with van der Waals surface area (Å²) < 4.78 is 10.3. The molecule has 1 aromatic carbocycles. The number of hydrogen-bond acceptors (Lipinski definition) is 4. The van der Waals surface area contributed by atoms with Gasteiger partial charge in [-0.05, 0) is 36.7 Å². The molecule has 2 bridgehead atoms. The molecule has 0 aliphatic heterocycles. The molecule has 3 rings (SSSR count). The van der Waals surface area contributed by atoms with E-state index in [-0.39, 0.29) is 12.5 Å². The maximum absolute atomic E-state index is 10.9. The standard InChI is InChI=1S/C17H18NO4/c1-21-11-22-17-10-16(18(19)20)7-6-13(17)4-5-15-9-12-2-3-14(15)8-12/h2-7,12,14-15H,8-9,11H2,1H3/b5-4+. The molecule has 22 heavy (non-hydrogen) atoms. The van der Waals surface area contributed by atoms with E-state index in [4.69, 9.17) is 9.47 Å². The Kier molecular flexibility index (Phi) is 4.24. The maximum atomic E-state index is 10.9. The van der Waals surface area contributed by atoms with Gasteiger partial charge in [0, 0.05) is 18.7 Å². The molecule has 2 aliphatic rings. The molecule has 0 spiro atoms. The van der Waals surface area contributed by atoms with E-state index in [0.29, 0.717) is 23.5 Å². The van der Waals surface area contributed by atoms with E-state index in [0.717, 1.165) is 5.56 Å². The Hall–Kier alpha value is -2.14. The Morgan fingerprint density at radius 3 is 2.91 bits per heavy atom. The maximum Gasteiger partial charge on any atom is 0.281 e. The molecule has 0 amide bonds. The van der Waals surface area contributed by atoms with Crippen molar-refractivity contribution < 1.29 is 14.4 Å². The van der Waals surface area contributed by atoms with Gasteiger partial charge in [0.1, 0.15) is 11.8 Å². The molecular formula is C17H18NO4. The molecule has 3 atom stereocenters. The van der Waals surface area contributed by atoms with Gasteiger partial charge in [-0.15, -0.1) is 0 Å². The first-order valence-electron chi connectivity index (χ1n) is 7.36. The van der Waals surface area contributed by atoms with Crippen molar-refractivity contribution in [2.75, 3.05) is 13.9 Å². The summed E-state index contributed by atoms with van der Waals surface area (Å²) in [6.45, 7) is 0.0371. The summed E-state index contributed by atoms with van der Waals surface area (Å²) in [6.07, 6.45) is 11.2. The molecule has 1 aromatic rings. The average molecular weight is 300 g/mol. The van der Waals surface area contributed by atoms with Gasteiger partial charge in [-0.2, -0.15) is 0 Å². The van der Waals surface area contributed by atoms with Crippen molar-refractivity contribution in [3.05, 3.63) is 52.1 Å². The van der Waals surface area contributed by atoms with Crippen molar-refractivity contribution in [3.8, 4) is 5.75 Å². The van der Waals surface area contributed by atoms with Crippen LogP contribution in [0.15, 0.2) is 30.4 Å². The highest BCUT2D eigenvalue weighted by Crippen LogP contribution is 2.44. The number of methoxy groups -OCH3 is 1. The first-order chi connectivity index (χ1) is 10.7. The van der Waals surface area contributed by atoms with Crippen molar-refractivity contribution >= 4 is 11.8 Å². The third-order valence-electron chi connectivity index (χ3n) is 4.30. The quantitative estimate of drug-likeness (QED) is 0.348. The summed E-state index contributed by atoms with van der Waals surface area (Å²) in [6, 6.07) is 5.83. The third kappa shape index (κ3) is 3.04. The van der Waals surface area contributed by atoms with Crippen LogP contribution in [-0.2, 0) is 4.74 Å². The fourth-order valence-electron chi connectivity index (χ4n) is 3.22. The van der Waals surface area contributed by atoms with Gasteiger partial charge in [-0.3, -0.25) is 10.1 Å². The Morgan fingerprint density at radius 1 is 1.41 bits per heavy atom. The number of non-ortho nitro benzene ring substituents is 1. The highest BCUT2D eigenvalue weighted by molar-refractivity contribution is 5.60. The zero-order valence-electron chi connectivity index (χ0n) is 12.4. The van der Waals surface area contributed by atoms with Crippen LogP contribution < -0.4 is 4.74 Å². The molecule has 2 aliphatic carbocycles. The van der Waals surface area contributed by atoms with Crippen molar-refractivity contribution in [3.63, 3.8) is 0 Å². The van der Waals surface area contributed by atoms with Crippen LogP contribution in [0.4, 0.5) is 5.69 Å². The first-order valence-corrected chi connectivity index (χ1v) is 7.36. The van der Waals surface area contributed by atoms with Gasteiger partial charge in [0.2, 0.25) is 0 Å². The van der Waals surface area contributed by atoms with E-state index >= 15 is 0 Å². The van der Waals surface area contributed by atoms with Gasteiger partial charge < -0.3 is 9.47 Å². The lowest BCUT2D eigenvalue weighted by Crippen LogP contribution is -2.03. The summed E-state index contributed by atoms with van der Waals surface area (Å²) in [4.78, 5) is 10.4. The van der Waals surface area contributed by atoms with Gasteiger partial charge >= 0.3 is 0 Å². The van der Waals surface area contributed by atoms with Gasteiger partial charge in [0.15, 0.2) is 6.79 Å². The van der Waals surface area contributed by atoms with E-state index < -0.39 is 4.92 Å². The lowest BCUT2D eigenvalue weighted by Gasteiger charge is -2.13. The van der Waals surface area contributed by atoms with E-state index in [1.54, 1.807) is 6.07 Å². The second-order valence-corrected chi connectivity index (χ2v) is 5.74. The minimum Gasteiger partial charge on any atom is -0.466 e. The van der Waals surface area contributed by atoms with Crippen LogP contribution in [0.3, 0.4) is 0 Å². The van der Waals surface area contributed by atoms with Crippen LogP contribution in [0.2, 0.25) is 0 Å². The Labute approximate surface area is 129 Å². The van der Waals surface area contributed by atoms with Crippen LogP contribution in [0, 0.1) is 33.9 Å². The summed E-state index contributed by atoms with van der Waals surface area (Å²) in [5.74, 6) is 2.24. The van der Waals surface area contributed by atoms with Crippen molar-refractivity contribution in [2.24, 2.45) is 17.8 Å². The zero-order chi connectivity index (χ0) is 15.5. The lowest BCUT2D eigenvalue weighted by molar-refractivity contribution is -0.385. The largest absolute Gasteiger partial charge is 0.466 e. The molecule has 5 nitrogen and oxygen atoms in total. The molecule has 1 saturated carbocycles. The zero-order valence-corrected chi connectivity index (χ0v) is 12.4. The second-order valence-electron chi connectivity index (χ2n) is 5.74. The minimum atomic E-state index is -0.478. The van der Waals surface area contributed by atoms with Crippen molar-refractivity contribution in [1.82, 2.24) is 0 Å². The molecule has 0 aromatic heterocycles. The fraction of sp³-hybridized carbons (Fsp3) is 0.412. The minimum absolute atomic E-state index is 0.0371. The van der Waals surface area contributed by atoms with Gasteiger partial charge in [0.05, 0.1) is 4.92 Å². The normalized spacial score (nSPS) is 26.0. The molecular weight excluding hydrogens is 282 g/mol. The molecule has 5 heteroatoms. The average Bonchev–Trinajstić information content (AvgIpc) is 3.13. The predicted octanol–water partition coefficient (Wildman–Crippen LogP) is 3.60. The number of benzene rings is 1. The Morgan fingerprint density at radius 2 is 2.27 bits per heavy atom. The second kappa shape index (κ2) is 6.32. The Bertz CT molecular complexity index is 623. The van der Waals surface area contributed by atoms with Crippen LogP contribution in [0.25, 0.3) is 6.08 Å². The molecule has 0 saturated heterocycles. The summed E-state index contributed by atoms with van der Waals surface area (Å²) >= 11 is 0. The van der Waals surface area contributed by atoms with Crippen LogP contribution in [0.1, 0.15) is 18.4 Å². The van der Waals surface area contributed by atoms with E-state index in [9.17, 15) is 10.1 Å². The van der Waals surface area contributed by atoms with Crippen LogP contribution >= 0.6 is 0 Å². The number of fused-ring (bicyclic) bond motifs is 2. The van der Waals surface area contributed by atoms with E-state index in [1.807, 2.05) is 6.08 Å². The lowest BCUT2D eigenvalue weighted by atomic mass is 9.92. The highest BCUT2D eigenvalue weighted by atomic mass is 16.7. The van der Waals surface area contributed by atoms with Crippen molar-refractivity contribution in [1.29, 1.82) is 0 Å². The molecule has 1 fully saturated rings. The number of rotatable bonds is 6. The van der Waals surface area contributed by atoms with Crippen LogP contribution in [0.5, 0.6) is 5.75 Å². The molecule has 3 unspecified atom stereocenters. The molecule has 0 N–H and O–H groups in total.